The average molecular weight is 396 g/mol. The Labute approximate surface area is 171 Å². The Morgan fingerprint density at radius 3 is 2.59 bits per heavy atom. The predicted molar refractivity (Wildman–Crippen MR) is 109 cm³/mol. The summed E-state index contributed by atoms with van der Waals surface area (Å²) in [4.78, 5) is 10.7. The van der Waals surface area contributed by atoms with Crippen molar-refractivity contribution in [2.75, 3.05) is 6.61 Å². The number of ether oxygens (including phenoxy) is 2. The minimum atomic E-state index is -0.978. The first-order valence-corrected chi connectivity index (χ1v) is 10.4. The van der Waals surface area contributed by atoms with Gasteiger partial charge in [-0.3, -0.25) is 0 Å². The van der Waals surface area contributed by atoms with E-state index in [0.717, 1.165) is 43.2 Å². The number of hydrogen-bond acceptors (Lipinski definition) is 4. The number of benzene rings is 2. The fraction of sp³-hybridized carbons (Fsp3) is 0.458. The average Bonchev–Trinajstić information content (AvgIpc) is 3.33. The molecule has 5 atom stereocenters. The number of aliphatic hydroxyl groups excluding tert-OH is 1. The second-order valence-electron chi connectivity index (χ2n) is 8.16. The summed E-state index contributed by atoms with van der Waals surface area (Å²) < 4.78 is 11.6. The highest BCUT2D eigenvalue weighted by Crippen LogP contribution is 2.47. The van der Waals surface area contributed by atoms with Gasteiger partial charge in [-0.25, -0.2) is 4.79 Å². The molecule has 5 heteroatoms. The van der Waals surface area contributed by atoms with Crippen LogP contribution in [0.2, 0.25) is 0 Å². The molecule has 2 aromatic rings. The summed E-state index contributed by atoms with van der Waals surface area (Å²) in [6.45, 7) is -0.333. The van der Waals surface area contributed by atoms with Crippen LogP contribution < -0.4 is 4.74 Å². The SMILES string of the molecule is O=C(O)COc1cccc(C[C@H]2[C@H](CCC(O)c3ccccc3)[C@@H]3CC[C@H]2O3)c1. The van der Waals surface area contributed by atoms with Crippen molar-refractivity contribution < 1.29 is 24.5 Å². The fourth-order valence-electron chi connectivity index (χ4n) is 4.92. The molecule has 2 aliphatic rings. The monoisotopic (exact) mass is 396 g/mol. The number of carbonyl (C=O) groups is 1. The minimum Gasteiger partial charge on any atom is -0.482 e. The number of hydrogen-bond donors (Lipinski definition) is 2. The van der Waals surface area contributed by atoms with Crippen LogP contribution in [-0.2, 0) is 16.0 Å². The standard InChI is InChI=1S/C24H28O5/c25-21(17-6-2-1-3-7-17)10-9-19-20(23-12-11-22(19)29-23)14-16-5-4-8-18(13-16)28-15-24(26)27/h1-8,13,19-23,25H,9-12,14-15H2,(H,26,27)/t19-,20-,21?,22-,23+/m0/s1. The summed E-state index contributed by atoms with van der Waals surface area (Å²) in [5.41, 5.74) is 2.11. The van der Waals surface area contributed by atoms with Crippen molar-refractivity contribution in [3.05, 3.63) is 65.7 Å². The molecule has 154 valence electrons. The normalized spacial score (nSPS) is 26.4. The lowest BCUT2D eigenvalue weighted by atomic mass is 9.74. The van der Waals surface area contributed by atoms with Gasteiger partial charge < -0.3 is 19.7 Å². The van der Waals surface area contributed by atoms with Gasteiger partial charge in [-0.1, -0.05) is 42.5 Å². The van der Waals surface area contributed by atoms with Crippen LogP contribution in [0.15, 0.2) is 54.6 Å². The molecular formula is C24H28O5. The lowest BCUT2D eigenvalue weighted by molar-refractivity contribution is -0.139. The zero-order chi connectivity index (χ0) is 20.2. The number of fused-ring (bicyclic) bond motifs is 2. The van der Waals surface area contributed by atoms with Gasteiger partial charge in [0.1, 0.15) is 5.75 Å². The molecule has 2 aromatic carbocycles. The molecule has 2 N–H and O–H groups in total. The van der Waals surface area contributed by atoms with E-state index in [-0.39, 0.29) is 12.7 Å². The third-order valence-corrected chi connectivity index (χ3v) is 6.28. The highest BCUT2D eigenvalue weighted by atomic mass is 16.5. The second kappa shape index (κ2) is 8.97. The first kappa shape index (κ1) is 19.9. The molecule has 0 saturated carbocycles. The zero-order valence-electron chi connectivity index (χ0n) is 16.4. The molecule has 2 saturated heterocycles. The largest absolute Gasteiger partial charge is 0.482 e. The van der Waals surface area contributed by atoms with E-state index in [9.17, 15) is 9.90 Å². The Balaban J connectivity index is 1.39. The van der Waals surface area contributed by atoms with Crippen LogP contribution in [0.4, 0.5) is 0 Å². The molecule has 1 unspecified atom stereocenters. The van der Waals surface area contributed by atoms with Crippen molar-refractivity contribution in [1.82, 2.24) is 0 Å². The number of carboxylic acids is 1. The Morgan fingerprint density at radius 1 is 1.07 bits per heavy atom. The summed E-state index contributed by atoms with van der Waals surface area (Å²) in [5, 5.41) is 19.4. The summed E-state index contributed by atoms with van der Waals surface area (Å²) in [6, 6.07) is 17.5. The highest BCUT2D eigenvalue weighted by Gasteiger charge is 2.48. The van der Waals surface area contributed by atoms with Crippen molar-refractivity contribution >= 4 is 5.97 Å². The molecule has 2 fully saturated rings. The predicted octanol–water partition coefficient (Wildman–Crippen LogP) is 4.00. The topological polar surface area (TPSA) is 76.0 Å². The molecule has 0 aromatic heterocycles. The molecule has 2 heterocycles. The van der Waals surface area contributed by atoms with Crippen LogP contribution in [0.1, 0.15) is 42.9 Å². The van der Waals surface area contributed by atoms with Gasteiger partial charge in [-0.2, -0.15) is 0 Å². The molecule has 2 bridgehead atoms. The molecule has 29 heavy (non-hydrogen) atoms. The first-order chi connectivity index (χ1) is 14.1. The Bertz CT molecular complexity index is 821. The molecule has 5 nitrogen and oxygen atoms in total. The van der Waals surface area contributed by atoms with Crippen molar-refractivity contribution in [2.24, 2.45) is 11.8 Å². The maximum absolute atomic E-state index is 10.7. The molecule has 0 aliphatic carbocycles. The van der Waals surface area contributed by atoms with Gasteiger partial charge in [0.05, 0.1) is 18.3 Å². The van der Waals surface area contributed by atoms with E-state index in [1.54, 1.807) is 6.07 Å². The Morgan fingerprint density at radius 2 is 1.83 bits per heavy atom. The van der Waals surface area contributed by atoms with Gasteiger partial charge in [0.15, 0.2) is 6.61 Å². The quantitative estimate of drug-likeness (QED) is 0.670. The first-order valence-electron chi connectivity index (χ1n) is 10.4. The van der Waals surface area contributed by atoms with E-state index < -0.39 is 12.1 Å². The van der Waals surface area contributed by atoms with Gasteiger partial charge in [-0.05, 0) is 67.2 Å². The number of aliphatic hydroxyl groups is 1. The molecule has 4 rings (SSSR count). The van der Waals surface area contributed by atoms with Gasteiger partial charge >= 0.3 is 5.97 Å². The smallest absolute Gasteiger partial charge is 0.341 e. The van der Waals surface area contributed by atoms with E-state index in [1.165, 1.54) is 0 Å². The lowest BCUT2D eigenvalue weighted by Crippen LogP contribution is -2.29. The van der Waals surface area contributed by atoms with E-state index >= 15 is 0 Å². The summed E-state index contributed by atoms with van der Waals surface area (Å²) in [7, 11) is 0. The Kier molecular flexibility index (Phi) is 6.16. The van der Waals surface area contributed by atoms with Crippen LogP contribution >= 0.6 is 0 Å². The van der Waals surface area contributed by atoms with Crippen molar-refractivity contribution in [2.45, 2.75) is 50.4 Å². The lowest BCUT2D eigenvalue weighted by Gasteiger charge is -2.29. The molecule has 2 aliphatic heterocycles. The van der Waals surface area contributed by atoms with Gasteiger partial charge in [0.2, 0.25) is 0 Å². The van der Waals surface area contributed by atoms with E-state index in [0.29, 0.717) is 23.7 Å². The third kappa shape index (κ3) is 4.80. The van der Waals surface area contributed by atoms with Gasteiger partial charge in [-0.15, -0.1) is 0 Å². The molecule has 0 amide bonds. The number of carboxylic acid groups (broad SMARTS) is 1. The third-order valence-electron chi connectivity index (χ3n) is 6.28. The van der Waals surface area contributed by atoms with Crippen molar-refractivity contribution in [3.8, 4) is 5.75 Å². The number of rotatable bonds is 9. The summed E-state index contributed by atoms with van der Waals surface area (Å²) in [6.07, 6.45) is 4.90. The number of aliphatic carboxylic acids is 1. The fourth-order valence-corrected chi connectivity index (χ4v) is 4.92. The maximum Gasteiger partial charge on any atom is 0.341 e. The van der Waals surface area contributed by atoms with E-state index in [4.69, 9.17) is 14.6 Å². The molecule has 0 spiro atoms. The zero-order valence-corrected chi connectivity index (χ0v) is 16.4. The van der Waals surface area contributed by atoms with Crippen LogP contribution in [0.25, 0.3) is 0 Å². The van der Waals surface area contributed by atoms with Crippen molar-refractivity contribution in [1.29, 1.82) is 0 Å². The van der Waals surface area contributed by atoms with E-state index in [1.807, 2.05) is 42.5 Å². The minimum absolute atomic E-state index is 0.280. The Hall–Kier alpha value is -2.37. The molecule has 0 radical (unpaired) electrons. The summed E-state index contributed by atoms with van der Waals surface area (Å²) in [5.74, 6) is 0.473. The highest BCUT2D eigenvalue weighted by molar-refractivity contribution is 5.68. The van der Waals surface area contributed by atoms with Crippen LogP contribution in [0, 0.1) is 11.8 Å². The van der Waals surface area contributed by atoms with E-state index in [2.05, 4.69) is 6.07 Å². The van der Waals surface area contributed by atoms with Crippen molar-refractivity contribution in [3.63, 3.8) is 0 Å². The molecular weight excluding hydrogens is 368 g/mol. The van der Waals surface area contributed by atoms with Crippen LogP contribution in [-0.4, -0.2) is 35.0 Å². The maximum atomic E-state index is 10.7. The van der Waals surface area contributed by atoms with Gasteiger partial charge in [0.25, 0.3) is 0 Å². The van der Waals surface area contributed by atoms with Crippen LogP contribution in [0.3, 0.4) is 0 Å². The van der Waals surface area contributed by atoms with Crippen LogP contribution in [0.5, 0.6) is 5.75 Å². The second-order valence-corrected chi connectivity index (χ2v) is 8.16. The summed E-state index contributed by atoms with van der Waals surface area (Å²) >= 11 is 0. The van der Waals surface area contributed by atoms with Gasteiger partial charge in [0, 0.05) is 0 Å².